The number of benzene rings is 2. The maximum atomic E-state index is 8.74. The van der Waals surface area contributed by atoms with E-state index in [0.717, 1.165) is 31.7 Å². The summed E-state index contributed by atoms with van der Waals surface area (Å²) in [5.41, 5.74) is 4.89. The Kier molecular flexibility index (Phi) is 4.18. The summed E-state index contributed by atoms with van der Waals surface area (Å²) >= 11 is 0. The molecule has 0 unspecified atom stereocenters. The summed E-state index contributed by atoms with van der Waals surface area (Å²) in [5, 5.41) is 12.1. The maximum absolute atomic E-state index is 8.74. The van der Waals surface area contributed by atoms with Crippen LogP contribution in [0.25, 0.3) is 0 Å². The van der Waals surface area contributed by atoms with Crippen LogP contribution in [0.15, 0.2) is 42.5 Å². The molecule has 1 aliphatic rings. The zero-order valence-corrected chi connectivity index (χ0v) is 11.9. The monoisotopic (exact) mass is 278 g/mol. The Bertz CT molecular complexity index is 656. The van der Waals surface area contributed by atoms with Crippen molar-refractivity contribution in [1.29, 1.82) is 5.26 Å². The van der Waals surface area contributed by atoms with Gasteiger partial charge < -0.3 is 10.1 Å². The second kappa shape index (κ2) is 6.43. The van der Waals surface area contributed by atoms with Gasteiger partial charge in [-0.1, -0.05) is 18.2 Å². The van der Waals surface area contributed by atoms with Crippen LogP contribution < -0.4 is 10.1 Å². The van der Waals surface area contributed by atoms with Crippen molar-refractivity contribution in [2.24, 2.45) is 0 Å². The smallest absolute Gasteiger partial charge is 0.119 e. The second-order valence-corrected chi connectivity index (χ2v) is 5.29. The Morgan fingerprint density at radius 2 is 1.86 bits per heavy atom. The number of nitrogens with zero attached hydrogens (tertiary/aromatic N) is 1. The molecule has 0 aliphatic carbocycles. The summed E-state index contributed by atoms with van der Waals surface area (Å²) in [6, 6.07) is 16.1. The molecule has 21 heavy (non-hydrogen) atoms. The predicted molar refractivity (Wildman–Crippen MR) is 82.0 cm³/mol. The fourth-order valence-corrected chi connectivity index (χ4v) is 2.60. The lowest BCUT2D eigenvalue weighted by atomic mass is 10.0. The Morgan fingerprint density at radius 3 is 2.67 bits per heavy atom. The zero-order chi connectivity index (χ0) is 14.5. The van der Waals surface area contributed by atoms with Gasteiger partial charge in [0.05, 0.1) is 18.2 Å². The van der Waals surface area contributed by atoms with Crippen molar-refractivity contribution in [1.82, 2.24) is 5.32 Å². The molecule has 3 nitrogen and oxygen atoms in total. The molecule has 3 rings (SSSR count). The zero-order valence-electron chi connectivity index (χ0n) is 11.9. The van der Waals surface area contributed by atoms with Gasteiger partial charge in [0.2, 0.25) is 0 Å². The molecular weight excluding hydrogens is 260 g/mol. The summed E-state index contributed by atoms with van der Waals surface area (Å²) in [5.74, 6) is 0.826. The van der Waals surface area contributed by atoms with Crippen molar-refractivity contribution in [3.63, 3.8) is 0 Å². The molecule has 1 heterocycles. The molecule has 2 aromatic carbocycles. The molecule has 0 radical (unpaired) electrons. The van der Waals surface area contributed by atoms with Gasteiger partial charge in [0.1, 0.15) is 5.75 Å². The van der Waals surface area contributed by atoms with Gasteiger partial charge in [-0.15, -0.1) is 0 Å². The van der Waals surface area contributed by atoms with Crippen LogP contribution in [0.1, 0.15) is 28.7 Å². The minimum absolute atomic E-state index is 0.661. The molecule has 0 saturated carbocycles. The molecule has 0 bridgehead atoms. The number of ether oxygens (including phenoxy) is 1. The van der Waals surface area contributed by atoms with Gasteiger partial charge in [0.25, 0.3) is 0 Å². The lowest BCUT2D eigenvalue weighted by Gasteiger charge is -2.07. The molecular formula is C18H18N2O. The fourth-order valence-electron chi connectivity index (χ4n) is 2.60. The standard InChI is InChI=1S/C18H18N2O/c19-11-15-4-7-18(8-5-15)21-9-1-2-14-3-6-16-12-20-13-17(16)10-14/h3-8,10,20H,1-2,9,12-13H2. The third kappa shape index (κ3) is 3.42. The summed E-state index contributed by atoms with van der Waals surface area (Å²) < 4.78 is 5.70. The van der Waals surface area contributed by atoms with Crippen LogP contribution in [0.3, 0.4) is 0 Å². The highest BCUT2D eigenvalue weighted by atomic mass is 16.5. The van der Waals surface area contributed by atoms with Crippen LogP contribution in [-0.4, -0.2) is 6.61 Å². The third-order valence-electron chi connectivity index (χ3n) is 3.76. The van der Waals surface area contributed by atoms with Gasteiger partial charge in [-0.05, 0) is 53.8 Å². The number of fused-ring (bicyclic) bond motifs is 1. The molecule has 2 aromatic rings. The largest absolute Gasteiger partial charge is 0.494 e. The average molecular weight is 278 g/mol. The van der Waals surface area contributed by atoms with Crippen LogP contribution >= 0.6 is 0 Å². The number of nitrogens with one attached hydrogen (secondary N) is 1. The Labute approximate surface area is 125 Å². The van der Waals surface area contributed by atoms with Gasteiger partial charge in [-0.25, -0.2) is 0 Å². The van der Waals surface area contributed by atoms with E-state index in [4.69, 9.17) is 10.00 Å². The van der Waals surface area contributed by atoms with Crippen molar-refractivity contribution < 1.29 is 4.74 Å². The Hall–Kier alpha value is -2.31. The van der Waals surface area contributed by atoms with Gasteiger partial charge in [-0.3, -0.25) is 0 Å². The Morgan fingerprint density at radius 1 is 1.05 bits per heavy atom. The first-order valence-electron chi connectivity index (χ1n) is 7.29. The average Bonchev–Trinajstić information content (AvgIpc) is 3.00. The quantitative estimate of drug-likeness (QED) is 0.854. The van der Waals surface area contributed by atoms with Gasteiger partial charge >= 0.3 is 0 Å². The number of nitriles is 1. The first-order chi connectivity index (χ1) is 10.3. The molecule has 3 heteroatoms. The second-order valence-electron chi connectivity index (χ2n) is 5.29. The molecule has 0 spiro atoms. The topological polar surface area (TPSA) is 45.0 Å². The van der Waals surface area contributed by atoms with Crippen LogP contribution in [-0.2, 0) is 19.5 Å². The van der Waals surface area contributed by atoms with Gasteiger partial charge in [0, 0.05) is 13.1 Å². The maximum Gasteiger partial charge on any atom is 0.119 e. The van der Waals surface area contributed by atoms with E-state index in [2.05, 4.69) is 29.6 Å². The summed E-state index contributed by atoms with van der Waals surface area (Å²) in [6.07, 6.45) is 2.02. The SMILES string of the molecule is N#Cc1ccc(OCCCc2ccc3c(c2)CNC3)cc1. The molecule has 0 amide bonds. The highest BCUT2D eigenvalue weighted by Crippen LogP contribution is 2.18. The Balaban J connectivity index is 1.46. The van der Waals surface area contributed by atoms with Crippen LogP contribution in [0, 0.1) is 11.3 Å². The van der Waals surface area contributed by atoms with Crippen LogP contribution in [0.4, 0.5) is 0 Å². The summed E-state index contributed by atoms with van der Waals surface area (Å²) in [7, 11) is 0. The predicted octanol–water partition coefficient (Wildman–Crippen LogP) is 3.17. The van der Waals surface area contributed by atoms with E-state index in [1.807, 2.05) is 12.1 Å². The fraction of sp³-hybridized carbons (Fsp3) is 0.278. The third-order valence-corrected chi connectivity index (χ3v) is 3.76. The van der Waals surface area contributed by atoms with Crippen molar-refractivity contribution >= 4 is 0 Å². The normalized spacial score (nSPS) is 12.7. The van der Waals surface area contributed by atoms with E-state index in [9.17, 15) is 0 Å². The van der Waals surface area contributed by atoms with Gasteiger partial charge in [-0.2, -0.15) is 5.26 Å². The molecule has 0 fully saturated rings. The lowest BCUT2D eigenvalue weighted by Crippen LogP contribution is -2.00. The molecule has 0 atom stereocenters. The van der Waals surface area contributed by atoms with Crippen molar-refractivity contribution in [3.05, 3.63) is 64.7 Å². The van der Waals surface area contributed by atoms with Crippen LogP contribution in [0.5, 0.6) is 5.75 Å². The minimum atomic E-state index is 0.661. The van der Waals surface area contributed by atoms with E-state index in [0.29, 0.717) is 12.2 Å². The van der Waals surface area contributed by atoms with Gasteiger partial charge in [0.15, 0.2) is 0 Å². The number of hydrogen-bond acceptors (Lipinski definition) is 3. The first kappa shape index (κ1) is 13.7. The van der Waals surface area contributed by atoms with E-state index in [1.54, 1.807) is 12.1 Å². The van der Waals surface area contributed by atoms with E-state index >= 15 is 0 Å². The number of aryl methyl sites for hydroxylation is 1. The summed E-state index contributed by atoms with van der Waals surface area (Å²) in [6.45, 7) is 2.68. The van der Waals surface area contributed by atoms with E-state index < -0.39 is 0 Å². The van der Waals surface area contributed by atoms with E-state index in [-0.39, 0.29) is 0 Å². The van der Waals surface area contributed by atoms with Crippen molar-refractivity contribution in [2.45, 2.75) is 25.9 Å². The lowest BCUT2D eigenvalue weighted by molar-refractivity contribution is 0.311. The molecule has 1 aliphatic heterocycles. The first-order valence-corrected chi connectivity index (χ1v) is 7.29. The van der Waals surface area contributed by atoms with E-state index in [1.165, 1.54) is 16.7 Å². The molecule has 0 aromatic heterocycles. The minimum Gasteiger partial charge on any atom is -0.494 e. The molecule has 1 N–H and O–H groups in total. The molecule has 0 saturated heterocycles. The number of hydrogen-bond donors (Lipinski definition) is 1. The van der Waals surface area contributed by atoms with Crippen LogP contribution in [0.2, 0.25) is 0 Å². The summed E-state index contributed by atoms with van der Waals surface area (Å²) in [4.78, 5) is 0. The van der Waals surface area contributed by atoms with Crippen molar-refractivity contribution in [3.8, 4) is 11.8 Å². The number of rotatable bonds is 5. The molecule has 106 valence electrons. The highest BCUT2D eigenvalue weighted by molar-refractivity contribution is 5.35. The van der Waals surface area contributed by atoms with Crippen molar-refractivity contribution in [2.75, 3.05) is 6.61 Å². The highest BCUT2D eigenvalue weighted by Gasteiger charge is 2.09.